The van der Waals surface area contributed by atoms with E-state index in [1.165, 1.54) is 23.8 Å². The molecular weight excluding hydrogens is 527 g/mol. The molecule has 8 heteroatoms. The summed E-state index contributed by atoms with van der Waals surface area (Å²) in [4.78, 5) is 13.9. The predicted molar refractivity (Wildman–Crippen MR) is 149 cm³/mol. The molecule has 1 aliphatic rings. The van der Waals surface area contributed by atoms with Gasteiger partial charge in [-0.3, -0.25) is 4.79 Å². The first kappa shape index (κ1) is 27.6. The van der Waals surface area contributed by atoms with Crippen molar-refractivity contribution >= 4 is 39.6 Å². The molecule has 5 nitrogen and oxygen atoms in total. The van der Waals surface area contributed by atoms with Gasteiger partial charge >= 0.3 is 0 Å². The number of nitrogens with zero attached hydrogens (tertiary/aromatic N) is 2. The van der Waals surface area contributed by atoms with Crippen LogP contribution >= 0.6 is 23.2 Å². The molecular formula is C29H32Cl2N2O3S. The first-order chi connectivity index (χ1) is 17.8. The van der Waals surface area contributed by atoms with Gasteiger partial charge in [-0.15, -0.1) is 0 Å². The lowest BCUT2D eigenvalue weighted by Gasteiger charge is -2.36. The van der Waals surface area contributed by atoms with Gasteiger partial charge in [-0.05, 0) is 67.9 Å². The average Bonchev–Trinajstić information content (AvgIpc) is 2.90. The second kappa shape index (κ2) is 12.4. The van der Waals surface area contributed by atoms with Gasteiger partial charge in [0.2, 0.25) is 16.4 Å². The van der Waals surface area contributed by atoms with Crippen molar-refractivity contribution in [3.8, 4) is 0 Å². The number of halogens is 2. The number of sulfonamides is 1. The topological polar surface area (TPSA) is 57.7 Å². The highest BCUT2D eigenvalue weighted by Crippen LogP contribution is 2.32. The van der Waals surface area contributed by atoms with Crippen LogP contribution in [0.2, 0.25) is 10.0 Å². The highest BCUT2D eigenvalue weighted by molar-refractivity contribution is 7.89. The summed E-state index contributed by atoms with van der Waals surface area (Å²) in [6.07, 6.45) is 4.35. The molecule has 3 aromatic carbocycles. The number of aryl methyl sites for hydroxylation is 1. The van der Waals surface area contributed by atoms with Crippen LogP contribution in [0.4, 0.5) is 0 Å². The Morgan fingerprint density at radius 3 is 2.11 bits per heavy atom. The molecule has 0 spiro atoms. The Morgan fingerprint density at radius 1 is 0.838 bits per heavy atom. The molecule has 0 bridgehead atoms. The fraction of sp³-hybridized carbons (Fsp3) is 0.345. The normalized spacial score (nSPS) is 18.1. The molecule has 0 heterocycles. The van der Waals surface area contributed by atoms with Crippen molar-refractivity contribution in [2.45, 2.75) is 56.6 Å². The van der Waals surface area contributed by atoms with Gasteiger partial charge in [0, 0.05) is 25.7 Å². The third-order valence-corrected chi connectivity index (χ3v) is 9.65. The van der Waals surface area contributed by atoms with E-state index in [1.807, 2.05) is 42.2 Å². The molecule has 0 radical (unpaired) electrons. The fourth-order valence-corrected chi connectivity index (χ4v) is 6.82. The van der Waals surface area contributed by atoms with Crippen LogP contribution < -0.4 is 0 Å². The van der Waals surface area contributed by atoms with E-state index >= 15 is 0 Å². The molecule has 1 saturated carbocycles. The van der Waals surface area contributed by atoms with Gasteiger partial charge in [-0.25, -0.2) is 8.42 Å². The Hall–Kier alpha value is -2.38. The van der Waals surface area contributed by atoms with E-state index in [2.05, 4.69) is 24.3 Å². The molecule has 0 N–H and O–H groups in total. The van der Waals surface area contributed by atoms with E-state index in [-0.39, 0.29) is 28.4 Å². The summed E-state index contributed by atoms with van der Waals surface area (Å²) in [7, 11) is -3.79. The van der Waals surface area contributed by atoms with Crippen LogP contribution in [0.15, 0.2) is 77.7 Å². The second-order valence-electron chi connectivity index (χ2n) is 9.80. The quantitative estimate of drug-likeness (QED) is 0.260. The van der Waals surface area contributed by atoms with Crippen molar-refractivity contribution in [1.29, 1.82) is 0 Å². The highest BCUT2D eigenvalue weighted by Gasteiger charge is 2.31. The molecule has 196 valence electrons. The number of carbonyl (C=O) groups excluding carboxylic acids is 1. The van der Waals surface area contributed by atoms with Gasteiger partial charge in [-0.1, -0.05) is 83.4 Å². The molecule has 0 saturated heterocycles. The van der Waals surface area contributed by atoms with Crippen LogP contribution in [-0.4, -0.2) is 36.6 Å². The lowest BCUT2D eigenvalue weighted by molar-refractivity contribution is -0.121. The number of benzene rings is 3. The van der Waals surface area contributed by atoms with Gasteiger partial charge in [0.25, 0.3) is 0 Å². The molecule has 3 aromatic rings. The number of rotatable bonds is 10. The van der Waals surface area contributed by atoms with Gasteiger partial charge < -0.3 is 4.90 Å². The SMILES string of the molecule is Cc1ccc(CN(C=O)C2CCC(CN(Cc3ccccc3)S(=O)(=O)c3ccc(Cl)c(Cl)c3)CC2)cc1. The van der Waals surface area contributed by atoms with Crippen molar-refractivity contribution in [3.05, 3.63) is 99.5 Å². The maximum Gasteiger partial charge on any atom is 0.243 e. The minimum absolute atomic E-state index is 0.136. The van der Waals surface area contributed by atoms with Crippen LogP contribution in [0.1, 0.15) is 42.4 Å². The number of hydrogen-bond donors (Lipinski definition) is 0. The van der Waals surface area contributed by atoms with Crippen molar-refractivity contribution < 1.29 is 13.2 Å². The monoisotopic (exact) mass is 558 g/mol. The third kappa shape index (κ3) is 7.14. The summed E-state index contributed by atoms with van der Waals surface area (Å²) in [6.45, 7) is 3.32. The Labute approximate surface area is 230 Å². The van der Waals surface area contributed by atoms with E-state index in [9.17, 15) is 13.2 Å². The van der Waals surface area contributed by atoms with E-state index in [0.717, 1.165) is 43.2 Å². The van der Waals surface area contributed by atoms with Crippen LogP contribution in [0.3, 0.4) is 0 Å². The van der Waals surface area contributed by atoms with Crippen molar-refractivity contribution in [1.82, 2.24) is 9.21 Å². The molecule has 1 fully saturated rings. The lowest BCUT2D eigenvalue weighted by atomic mass is 9.85. The average molecular weight is 560 g/mol. The summed E-state index contributed by atoms with van der Waals surface area (Å²) in [5.41, 5.74) is 3.23. The molecule has 37 heavy (non-hydrogen) atoms. The summed E-state index contributed by atoms with van der Waals surface area (Å²) < 4.78 is 28.9. The molecule has 1 amide bonds. The zero-order valence-electron chi connectivity index (χ0n) is 20.9. The molecule has 4 rings (SSSR count). The van der Waals surface area contributed by atoms with Crippen LogP contribution in [-0.2, 0) is 27.9 Å². The standard InChI is InChI=1S/C29H32Cl2N2O3S/c1-22-7-9-24(10-8-22)18-32(21-34)26-13-11-25(12-14-26)20-33(19-23-5-3-2-4-6-23)37(35,36)27-15-16-28(30)29(31)17-27/h2-10,15-17,21,25-26H,11-14,18-20H2,1H3. The zero-order valence-corrected chi connectivity index (χ0v) is 23.2. The lowest BCUT2D eigenvalue weighted by Crippen LogP contribution is -2.40. The van der Waals surface area contributed by atoms with Crippen LogP contribution in [0.25, 0.3) is 0 Å². The first-order valence-corrected chi connectivity index (χ1v) is 14.7. The number of carbonyl (C=O) groups is 1. The van der Waals surface area contributed by atoms with Crippen LogP contribution in [0, 0.1) is 12.8 Å². The summed E-state index contributed by atoms with van der Waals surface area (Å²) >= 11 is 12.2. The van der Waals surface area contributed by atoms with Gasteiger partial charge in [0.05, 0.1) is 14.9 Å². The Morgan fingerprint density at radius 2 is 1.49 bits per heavy atom. The summed E-state index contributed by atoms with van der Waals surface area (Å²) in [6, 6.07) is 22.4. The number of hydrogen-bond acceptors (Lipinski definition) is 3. The third-order valence-electron chi connectivity index (χ3n) is 7.10. The minimum atomic E-state index is -3.79. The second-order valence-corrected chi connectivity index (χ2v) is 12.5. The predicted octanol–water partition coefficient (Wildman–Crippen LogP) is 6.71. The Balaban J connectivity index is 1.46. The molecule has 0 aliphatic heterocycles. The van der Waals surface area contributed by atoms with Gasteiger partial charge in [0.15, 0.2) is 0 Å². The maximum atomic E-state index is 13.7. The van der Waals surface area contributed by atoms with E-state index < -0.39 is 10.0 Å². The first-order valence-electron chi connectivity index (χ1n) is 12.5. The van der Waals surface area contributed by atoms with Crippen molar-refractivity contribution in [2.24, 2.45) is 5.92 Å². The van der Waals surface area contributed by atoms with Gasteiger partial charge in [-0.2, -0.15) is 4.31 Å². The Kier molecular flexibility index (Phi) is 9.30. The molecule has 0 atom stereocenters. The van der Waals surface area contributed by atoms with Crippen molar-refractivity contribution in [3.63, 3.8) is 0 Å². The van der Waals surface area contributed by atoms with Crippen LogP contribution in [0.5, 0.6) is 0 Å². The largest absolute Gasteiger partial charge is 0.338 e. The number of amides is 1. The van der Waals surface area contributed by atoms with E-state index in [1.54, 1.807) is 4.31 Å². The fourth-order valence-electron chi connectivity index (χ4n) is 4.92. The summed E-state index contributed by atoms with van der Waals surface area (Å²) in [5, 5.41) is 0.532. The smallest absolute Gasteiger partial charge is 0.243 e. The molecule has 0 unspecified atom stereocenters. The van der Waals surface area contributed by atoms with Gasteiger partial charge in [0.1, 0.15) is 0 Å². The zero-order chi connectivity index (χ0) is 26.4. The maximum absolute atomic E-state index is 13.7. The van der Waals surface area contributed by atoms with E-state index in [0.29, 0.717) is 18.1 Å². The van der Waals surface area contributed by atoms with E-state index in [4.69, 9.17) is 23.2 Å². The summed E-state index contributed by atoms with van der Waals surface area (Å²) in [5.74, 6) is 0.199. The Bertz CT molecular complexity index is 1290. The molecule has 0 aromatic heterocycles. The highest BCUT2D eigenvalue weighted by atomic mass is 35.5. The van der Waals surface area contributed by atoms with Crippen molar-refractivity contribution in [2.75, 3.05) is 6.54 Å². The minimum Gasteiger partial charge on any atom is -0.338 e. The molecule has 1 aliphatic carbocycles.